The fourth-order valence-electron chi connectivity index (χ4n) is 2.98. The van der Waals surface area contributed by atoms with Gasteiger partial charge in [-0.15, -0.1) is 0 Å². The zero-order valence-electron chi connectivity index (χ0n) is 13.8. The summed E-state index contributed by atoms with van der Waals surface area (Å²) >= 11 is 0. The van der Waals surface area contributed by atoms with Crippen LogP contribution in [0.3, 0.4) is 0 Å². The molecule has 0 bridgehead atoms. The van der Waals surface area contributed by atoms with Crippen molar-refractivity contribution >= 4 is 17.6 Å². The lowest BCUT2D eigenvalue weighted by molar-refractivity contribution is 0.172. The van der Waals surface area contributed by atoms with Gasteiger partial charge in [-0.2, -0.15) is 14.5 Å². The van der Waals surface area contributed by atoms with Crippen molar-refractivity contribution in [3.63, 3.8) is 0 Å². The van der Waals surface area contributed by atoms with E-state index < -0.39 is 0 Å². The minimum Gasteiger partial charge on any atom is -0.374 e. The smallest absolute Gasteiger partial charge is 0.374 e. The number of benzene rings is 1. The summed E-state index contributed by atoms with van der Waals surface area (Å²) in [6, 6.07) is 13.1. The third-order valence-corrected chi connectivity index (χ3v) is 4.50. The monoisotopic (exact) mass is 323 g/mol. The number of nitrogens with zero attached hydrogens (tertiary/aromatic N) is 4. The van der Waals surface area contributed by atoms with E-state index in [4.69, 9.17) is 10.00 Å². The topological polar surface area (TPSA) is 66.2 Å². The molecule has 6 heteroatoms. The second kappa shape index (κ2) is 6.30. The van der Waals surface area contributed by atoms with Crippen LogP contribution >= 0.6 is 0 Å². The predicted octanol–water partition coefficient (Wildman–Crippen LogP) is 2.93. The number of pyridine rings is 1. The van der Waals surface area contributed by atoms with Crippen molar-refractivity contribution in [1.82, 2.24) is 9.47 Å². The normalized spacial score (nSPS) is 18.6. The molecule has 1 aliphatic heterocycles. The van der Waals surface area contributed by atoms with Gasteiger partial charge in [0, 0.05) is 19.3 Å². The Kier molecular flexibility index (Phi) is 4.19. The van der Waals surface area contributed by atoms with Crippen LogP contribution < -0.4 is 14.1 Å². The van der Waals surface area contributed by atoms with Crippen molar-refractivity contribution in [3.05, 3.63) is 48.2 Å². The molecular weight excluding hydrogens is 304 g/mol. The lowest BCUT2D eigenvalue weighted by Gasteiger charge is -2.29. The maximum atomic E-state index is 12.5. The van der Waals surface area contributed by atoms with Crippen molar-refractivity contribution in [1.29, 1.82) is 5.26 Å². The third kappa shape index (κ3) is 2.59. The molecule has 0 aliphatic carbocycles. The highest BCUT2D eigenvalue weighted by molar-refractivity contribution is 5.92. The summed E-state index contributed by atoms with van der Waals surface area (Å²) < 4.78 is 5.61. The summed E-state index contributed by atoms with van der Waals surface area (Å²) in [6.45, 7) is 3.79. The number of nitriles is 1. The SMILES string of the molecule is CC[N+]1(CCN(C)c2cc(C#N)ccn2)C(=O)Oc2ccccc21. The van der Waals surface area contributed by atoms with Crippen molar-refractivity contribution in [2.24, 2.45) is 0 Å². The van der Waals surface area contributed by atoms with E-state index in [9.17, 15) is 4.79 Å². The average molecular weight is 323 g/mol. The summed E-state index contributed by atoms with van der Waals surface area (Å²) in [7, 11) is 1.91. The second-order valence-corrected chi connectivity index (χ2v) is 5.78. The number of para-hydroxylation sites is 2. The summed E-state index contributed by atoms with van der Waals surface area (Å²) in [5.74, 6) is 1.35. The van der Waals surface area contributed by atoms with Crippen LogP contribution in [0.15, 0.2) is 42.6 Å². The van der Waals surface area contributed by atoms with Crippen molar-refractivity contribution < 1.29 is 9.53 Å². The van der Waals surface area contributed by atoms with Crippen LogP contribution in [0.25, 0.3) is 0 Å². The lowest BCUT2D eigenvalue weighted by Crippen LogP contribution is -2.55. The minimum atomic E-state index is -0.245. The number of carbonyl (C=O) groups excluding carboxylic acids is 1. The molecule has 0 spiro atoms. The highest BCUT2D eigenvalue weighted by Crippen LogP contribution is 2.40. The molecule has 24 heavy (non-hydrogen) atoms. The molecule has 0 fully saturated rings. The van der Waals surface area contributed by atoms with Crippen LogP contribution in [0.1, 0.15) is 12.5 Å². The van der Waals surface area contributed by atoms with E-state index >= 15 is 0 Å². The molecule has 1 aromatic carbocycles. The quantitative estimate of drug-likeness (QED) is 0.792. The number of ether oxygens (including phenoxy) is 1. The molecule has 0 N–H and O–H groups in total. The number of carbonyl (C=O) groups is 1. The van der Waals surface area contributed by atoms with Gasteiger partial charge in [0.2, 0.25) is 0 Å². The molecule has 122 valence electrons. The van der Waals surface area contributed by atoms with E-state index in [0.29, 0.717) is 36.8 Å². The fourth-order valence-corrected chi connectivity index (χ4v) is 2.98. The van der Waals surface area contributed by atoms with E-state index in [1.54, 1.807) is 18.3 Å². The first kappa shape index (κ1) is 16.0. The van der Waals surface area contributed by atoms with Crippen LogP contribution in [-0.2, 0) is 0 Å². The summed E-state index contributed by atoms with van der Waals surface area (Å²) in [6.07, 6.45) is 1.37. The van der Waals surface area contributed by atoms with Gasteiger partial charge in [-0.3, -0.25) is 0 Å². The Hall–Kier alpha value is -2.91. The second-order valence-electron chi connectivity index (χ2n) is 5.78. The van der Waals surface area contributed by atoms with E-state index in [0.717, 1.165) is 5.69 Å². The van der Waals surface area contributed by atoms with Gasteiger partial charge in [0.1, 0.15) is 12.4 Å². The standard InChI is InChI=1S/C18H19N4O2/c1-3-22(15-6-4-5-7-16(15)24-18(22)23)11-10-21(2)17-12-14(13-19)8-9-20-17/h4-9,12H,3,10-11H2,1-2H3/q+1. The maximum absolute atomic E-state index is 12.5. The number of anilines is 1. The fraction of sp³-hybridized carbons (Fsp3) is 0.278. The molecule has 0 saturated carbocycles. The van der Waals surface area contributed by atoms with Gasteiger partial charge in [-0.25, -0.2) is 4.98 Å². The predicted molar refractivity (Wildman–Crippen MR) is 91.9 cm³/mol. The van der Waals surface area contributed by atoms with Crippen LogP contribution in [0.5, 0.6) is 5.75 Å². The molecule has 1 aromatic heterocycles. The Morgan fingerprint density at radius 2 is 2.12 bits per heavy atom. The highest BCUT2D eigenvalue weighted by atomic mass is 16.6. The van der Waals surface area contributed by atoms with Crippen LogP contribution in [0, 0.1) is 11.3 Å². The average Bonchev–Trinajstić information content (AvgIpc) is 2.91. The molecule has 3 rings (SSSR count). The van der Waals surface area contributed by atoms with Gasteiger partial charge in [-0.05, 0) is 25.1 Å². The summed E-state index contributed by atoms with van der Waals surface area (Å²) in [5, 5.41) is 9.01. The molecule has 0 saturated heterocycles. The molecular formula is C18H19N4O2+. The van der Waals surface area contributed by atoms with Gasteiger partial charge < -0.3 is 9.64 Å². The van der Waals surface area contributed by atoms with Crippen molar-refractivity contribution in [3.8, 4) is 11.8 Å². The van der Waals surface area contributed by atoms with E-state index in [1.807, 2.05) is 43.1 Å². The number of amides is 1. The Labute approximate surface area is 141 Å². The zero-order chi connectivity index (χ0) is 17.2. The van der Waals surface area contributed by atoms with Crippen molar-refractivity contribution in [2.75, 3.05) is 31.6 Å². The Bertz CT molecular complexity index is 815. The number of quaternary nitrogens is 1. The summed E-state index contributed by atoms with van der Waals surface area (Å²) in [4.78, 5) is 18.8. The minimum absolute atomic E-state index is 0.165. The number of likely N-dealkylation sites (N-methyl/N-ethyl adjacent to an activating group) is 2. The number of rotatable bonds is 5. The maximum Gasteiger partial charge on any atom is 0.527 e. The highest BCUT2D eigenvalue weighted by Gasteiger charge is 2.48. The number of aromatic nitrogens is 1. The molecule has 0 radical (unpaired) electrons. The van der Waals surface area contributed by atoms with Gasteiger partial charge in [-0.1, -0.05) is 12.1 Å². The largest absolute Gasteiger partial charge is 0.527 e. The first-order chi connectivity index (χ1) is 11.6. The van der Waals surface area contributed by atoms with Crippen LogP contribution in [0.2, 0.25) is 0 Å². The molecule has 6 nitrogen and oxygen atoms in total. The molecule has 1 aliphatic rings. The molecule has 1 unspecified atom stereocenters. The number of hydrogen-bond donors (Lipinski definition) is 0. The van der Waals surface area contributed by atoms with Crippen molar-refractivity contribution in [2.45, 2.75) is 6.92 Å². The number of hydrogen-bond acceptors (Lipinski definition) is 5. The Balaban J connectivity index is 1.82. The first-order valence-corrected chi connectivity index (χ1v) is 7.87. The Morgan fingerprint density at radius 3 is 2.88 bits per heavy atom. The van der Waals surface area contributed by atoms with E-state index in [1.165, 1.54) is 0 Å². The van der Waals surface area contributed by atoms with Gasteiger partial charge >= 0.3 is 6.09 Å². The summed E-state index contributed by atoms with van der Waals surface area (Å²) in [5.41, 5.74) is 1.47. The van der Waals surface area contributed by atoms with Crippen LogP contribution in [-0.4, -0.2) is 37.8 Å². The molecule has 2 heterocycles. The first-order valence-electron chi connectivity index (χ1n) is 7.87. The van der Waals surface area contributed by atoms with Crippen LogP contribution in [0.4, 0.5) is 16.3 Å². The van der Waals surface area contributed by atoms with Gasteiger partial charge in [0.05, 0.1) is 24.7 Å². The third-order valence-electron chi connectivity index (χ3n) is 4.50. The van der Waals surface area contributed by atoms with Gasteiger partial charge in [0.25, 0.3) is 0 Å². The molecule has 2 aromatic rings. The Morgan fingerprint density at radius 1 is 1.33 bits per heavy atom. The van der Waals surface area contributed by atoms with Gasteiger partial charge in [0.15, 0.2) is 11.4 Å². The zero-order valence-corrected chi connectivity index (χ0v) is 13.8. The lowest BCUT2D eigenvalue weighted by atomic mass is 10.2. The van der Waals surface area contributed by atoms with E-state index in [2.05, 4.69) is 11.1 Å². The molecule has 1 atom stereocenters. The van der Waals surface area contributed by atoms with E-state index in [-0.39, 0.29) is 10.6 Å². The molecule has 1 amide bonds. The number of fused-ring (bicyclic) bond motifs is 1.